The van der Waals surface area contributed by atoms with Gasteiger partial charge in [-0.3, -0.25) is 0 Å². The van der Waals surface area contributed by atoms with Gasteiger partial charge in [-0.1, -0.05) is 32.3 Å². The van der Waals surface area contributed by atoms with Crippen molar-refractivity contribution in [2.45, 2.75) is 77.2 Å². The van der Waals surface area contributed by atoms with E-state index in [1.165, 1.54) is 70.8 Å². The fraction of sp³-hybridized carbons (Fsp3) is 0.882. The Morgan fingerprint density at radius 3 is 2.50 bits per heavy atom. The summed E-state index contributed by atoms with van der Waals surface area (Å²) in [7, 11) is 0. The Labute approximate surface area is 113 Å². The molecule has 0 aromatic carbocycles. The molecule has 1 aliphatic heterocycles. The van der Waals surface area contributed by atoms with Crippen LogP contribution in [0, 0.1) is 11.3 Å². The van der Waals surface area contributed by atoms with Crippen molar-refractivity contribution in [2.75, 3.05) is 6.54 Å². The van der Waals surface area contributed by atoms with Crippen LogP contribution in [0.2, 0.25) is 0 Å². The summed E-state index contributed by atoms with van der Waals surface area (Å²) in [4.78, 5) is 0. The fourth-order valence-electron chi connectivity index (χ4n) is 4.19. The average Bonchev–Trinajstić information content (AvgIpc) is 2.92. The quantitative estimate of drug-likeness (QED) is 0.674. The largest absolute Gasteiger partial charge is 0.314 e. The smallest absolute Gasteiger partial charge is 0.00723 e. The molecule has 1 saturated heterocycles. The van der Waals surface area contributed by atoms with Crippen molar-refractivity contribution in [1.29, 1.82) is 0 Å². The third-order valence-corrected chi connectivity index (χ3v) is 5.39. The van der Waals surface area contributed by atoms with Crippen molar-refractivity contribution in [3.63, 3.8) is 0 Å². The molecule has 0 amide bonds. The normalized spacial score (nSPS) is 29.1. The van der Waals surface area contributed by atoms with Crippen LogP contribution in [0.25, 0.3) is 0 Å². The lowest BCUT2D eigenvalue weighted by molar-refractivity contribution is 0.129. The first-order chi connectivity index (χ1) is 8.74. The van der Waals surface area contributed by atoms with E-state index in [1.54, 1.807) is 0 Å². The molecule has 104 valence electrons. The highest BCUT2D eigenvalue weighted by Crippen LogP contribution is 2.46. The summed E-state index contributed by atoms with van der Waals surface area (Å²) in [5.74, 6) is 0.973. The highest BCUT2D eigenvalue weighted by molar-refractivity contribution is 4.91. The minimum Gasteiger partial charge on any atom is -0.314 e. The van der Waals surface area contributed by atoms with Crippen molar-refractivity contribution < 1.29 is 0 Å². The molecule has 1 saturated carbocycles. The Hall–Kier alpha value is -0.300. The number of hydrogen-bond acceptors (Lipinski definition) is 1. The molecule has 1 heteroatoms. The van der Waals surface area contributed by atoms with E-state index in [1.807, 2.05) is 0 Å². The molecular weight excluding hydrogens is 218 g/mol. The van der Waals surface area contributed by atoms with Gasteiger partial charge in [0.1, 0.15) is 0 Å². The number of allylic oxidation sites excluding steroid dienone is 1. The second-order valence-electron chi connectivity index (χ2n) is 6.81. The maximum atomic E-state index is 3.92. The topological polar surface area (TPSA) is 12.0 Å². The maximum absolute atomic E-state index is 3.92. The third kappa shape index (κ3) is 3.60. The predicted molar refractivity (Wildman–Crippen MR) is 79.8 cm³/mol. The van der Waals surface area contributed by atoms with E-state index in [0.717, 1.165) is 12.0 Å². The minimum atomic E-state index is 0.555. The zero-order chi connectivity index (χ0) is 12.8. The van der Waals surface area contributed by atoms with Crippen LogP contribution in [-0.4, -0.2) is 12.6 Å². The SMILES string of the molecule is C=CCCC(C)(CC1CCCCN1)C1CCCC1. The molecule has 0 bridgehead atoms. The lowest BCUT2D eigenvalue weighted by Crippen LogP contribution is -2.40. The molecule has 0 radical (unpaired) electrons. The number of hydrogen-bond donors (Lipinski definition) is 1. The van der Waals surface area contributed by atoms with Crippen molar-refractivity contribution in [3.8, 4) is 0 Å². The van der Waals surface area contributed by atoms with Gasteiger partial charge in [-0.2, -0.15) is 0 Å². The average molecular weight is 249 g/mol. The monoisotopic (exact) mass is 249 g/mol. The second-order valence-corrected chi connectivity index (χ2v) is 6.81. The van der Waals surface area contributed by atoms with E-state index in [-0.39, 0.29) is 0 Å². The predicted octanol–water partition coefficient (Wildman–Crippen LogP) is 4.68. The van der Waals surface area contributed by atoms with Crippen LogP contribution in [-0.2, 0) is 0 Å². The Kier molecular flexibility index (Phi) is 5.29. The molecule has 2 rings (SSSR count). The van der Waals surface area contributed by atoms with Gasteiger partial charge in [0, 0.05) is 6.04 Å². The Bertz CT molecular complexity index is 248. The van der Waals surface area contributed by atoms with Crippen LogP contribution in [0.15, 0.2) is 12.7 Å². The summed E-state index contributed by atoms with van der Waals surface area (Å²) in [5.41, 5.74) is 0.555. The summed E-state index contributed by atoms with van der Waals surface area (Å²) in [6.07, 6.45) is 16.1. The Morgan fingerprint density at radius 1 is 1.17 bits per heavy atom. The summed E-state index contributed by atoms with van der Waals surface area (Å²) < 4.78 is 0. The van der Waals surface area contributed by atoms with E-state index >= 15 is 0 Å². The van der Waals surface area contributed by atoms with Gasteiger partial charge in [-0.15, -0.1) is 6.58 Å². The van der Waals surface area contributed by atoms with Crippen molar-refractivity contribution in [2.24, 2.45) is 11.3 Å². The maximum Gasteiger partial charge on any atom is 0.00723 e. The zero-order valence-corrected chi connectivity index (χ0v) is 12.2. The van der Waals surface area contributed by atoms with Gasteiger partial charge < -0.3 is 5.32 Å². The summed E-state index contributed by atoms with van der Waals surface area (Å²) >= 11 is 0. The molecule has 0 aromatic rings. The molecule has 2 unspecified atom stereocenters. The van der Waals surface area contributed by atoms with Gasteiger partial charge in [0.25, 0.3) is 0 Å². The van der Waals surface area contributed by atoms with Gasteiger partial charge in [0.05, 0.1) is 0 Å². The number of rotatable bonds is 6. The van der Waals surface area contributed by atoms with Crippen molar-refractivity contribution in [3.05, 3.63) is 12.7 Å². The minimum absolute atomic E-state index is 0.555. The highest BCUT2D eigenvalue weighted by Gasteiger charge is 2.37. The highest BCUT2D eigenvalue weighted by atomic mass is 14.9. The lowest BCUT2D eigenvalue weighted by Gasteiger charge is -2.40. The van der Waals surface area contributed by atoms with E-state index < -0.39 is 0 Å². The molecule has 0 aromatic heterocycles. The fourth-order valence-corrected chi connectivity index (χ4v) is 4.19. The Morgan fingerprint density at radius 2 is 1.89 bits per heavy atom. The first kappa shape index (κ1) is 14.1. The van der Waals surface area contributed by atoms with Gasteiger partial charge >= 0.3 is 0 Å². The van der Waals surface area contributed by atoms with Crippen LogP contribution >= 0.6 is 0 Å². The molecule has 0 spiro atoms. The first-order valence-electron chi connectivity index (χ1n) is 8.09. The summed E-state index contributed by atoms with van der Waals surface area (Å²) in [6.45, 7) is 7.72. The molecule has 1 heterocycles. The van der Waals surface area contributed by atoms with Gasteiger partial charge in [0.15, 0.2) is 0 Å². The van der Waals surface area contributed by atoms with E-state index in [2.05, 4.69) is 24.9 Å². The van der Waals surface area contributed by atoms with E-state index in [0.29, 0.717) is 5.41 Å². The second kappa shape index (κ2) is 6.75. The number of nitrogens with one attached hydrogen (secondary N) is 1. The first-order valence-corrected chi connectivity index (χ1v) is 8.09. The van der Waals surface area contributed by atoms with Crippen LogP contribution in [0.5, 0.6) is 0 Å². The molecule has 1 aliphatic carbocycles. The summed E-state index contributed by atoms with van der Waals surface area (Å²) in [5, 5.41) is 3.75. The van der Waals surface area contributed by atoms with Crippen LogP contribution < -0.4 is 5.32 Å². The van der Waals surface area contributed by atoms with Crippen LogP contribution in [0.1, 0.15) is 71.1 Å². The van der Waals surface area contributed by atoms with Crippen molar-refractivity contribution >= 4 is 0 Å². The van der Waals surface area contributed by atoms with E-state index in [9.17, 15) is 0 Å². The molecule has 1 N–H and O–H groups in total. The Balaban J connectivity index is 1.95. The van der Waals surface area contributed by atoms with Crippen LogP contribution in [0.4, 0.5) is 0 Å². The molecule has 2 fully saturated rings. The molecular formula is C17H31N. The molecule has 2 atom stereocenters. The van der Waals surface area contributed by atoms with E-state index in [4.69, 9.17) is 0 Å². The molecule has 18 heavy (non-hydrogen) atoms. The number of piperidine rings is 1. The van der Waals surface area contributed by atoms with Gasteiger partial charge in [-0.05, 0) is 62.8 Å². The standard InChI is InChI=1S/C17H31N/c1-3-4-12-17(2,15-9-5-6-10-15)14-16-11-7-8-13-18-16/h3,15-16,18H,1,4-14H2,2H3. The van der Waals surface area contributed by atoms with Crippen molar-refractivity contribution in [1.82, 2.24) is 5.32 Å². The third-order valence-electron chi connectivity index (χ3n) is 5.39. The van der Waals surface area contributed by atoms with Crippen LogP contribution in [0.3, 0.4) is 0 Å². The lowest BCUT2D eigenvalue weighted by atomic mass is 9.68. The molecule has 2 aliphatic rings. The van der Waals surface area contributed by atoms with Gasteiger partial charge in [-0.25, -0.2) is 0 Å². The zero-order valence-electron chi connectivity index (χ0n) is 12.2. The molecule has 1 nitrogen and oxygen atoms in total. The summed E-state index contributed by atoms with van der Waals surface area (Å²) in [6, 6.07) is 0.786. The van der Waals surface area contributed by atoms with Gasteiger partial charge in [0.2, 0.25) is 0 Å².